The van der Waals surface area contributed by atoms with Gasteiger partial charge in [-0.2, -0.15) is 0 Å². The van der Waals surface area contributed by atoms with Gasteiger partial charge in [0.25, 0.3) is 0 Å². The van der Waals surface area contributed by atoms with E-state index in [1.54, 1.807) is 54.6 Å². The first kappa shape index (κ1) is 25.2. The normalized spacial score (nSPS) is 12.4. The van der Waals surface area contributed by atoms with E-state index in [2.05, 4.69) is 0 Å². The smallest absolute Gasteiger partial charge is 0.350 e. The number of rotatable bonds is 15. The highest BCUT2D eigenvalue weighted by atomic mass is 16.6. The molecule has 0 spiro atoms. The number of aliphatic hydroxyl groups excluding tert-OH is 2. The van der Waals surface area contributed by atoms with Crippen LogP contribution in [-0.2, 0) is 19.1 Å². The molecule has 0 aliphatic heterocycles. The maximum absolute atomic E-state index is 12.4. The van der Waals surface area contributed by atoms with Gasteiger partial charge in [0.1, 0.15) is 17.6 Å². The molecule has 0 saturated carbocycles. The molecular weight excluding hydrogens is 416 g/mol. The summed E-state index contributed by atoms with van der Waals surface area (Å²) in [4.78, 5) is 24.2. The molecule has 0 aliphatic rings. The minimum atomic E-state index is -1.22. The molecule has 174 valence electrons. The summed E-state index contributed by atoms with van der Waals surface area (Å²) >= 11 is 0. The number of unbranched alkanes of at least 4 members (excludes halogenated alkanes) is 1. The van der Waals surface area contributed by atoms with Crippen LogP contribution in [0.4, 0.5) is 0 Å². The molecule has 2 atom stereocenters. The number of hydrogen-bond donors (Lipinski definition) is 2. The number of para-hydroxylation sites is 2. The van der Waals surface area contributed by atoms with Crippen molar-refractivity contribution in [2.45, 2.75) is 37.9 Å². The lowest BCUT2D eigenvalue weighted by Gasteiger charge is -2.23. The molecule has 0 bridgehead atoms. The first-order valence-electron chi connectivity index (χ1n) is 10.6. The number of carbonyl (C=O) groups is 2. The third-order valence-corrected chi connectivity index (χ3v) is 4.39. The first-order valence-corrected chi connectivity index (χ1v) is 10.6. The van der Waals surface area contributed by atoms with Gasteiger partial charge in [-0.3, -0.25) is 0 Å². The molecule has 2 aromatic carbocycles. The van der Waals surface area contributed by atoms with Crippen LogP contribution >= 0.6 is 0 Å². The van der Waals surface area contributed by atoms with E-state index in [0.717, 1.165) is 0 Å². The van der Waals surface area contributed by atoms with E-state index in [-0.39, 0.29) is 32.8 Å². The topological polar surface area (TPSA) is 112 Å². The van der Waals surface area contributed by atoms with Crippen molar-refractivity contribution in [1.29, 1.82) is 0 Å². The predicted molar refractivity (Wildman–Crippen MR) is 116 cm³/mol. The van der Waals surface area contributed by atoms with Crippen LogP contribution in [0.15, 0.2) is 60.7 Å². The fraction of sp³-hybridized carbons (Fsp3) is 0.417. The number of benzene rings is 2. The highest BCUT2D eigenvalue weighted by Crippen LogP contribution is 2.16. The Hall–Kier alpha value is -3.10. The molecule has 0 radical (unpaired) electrons. The monoisotopic (exact) mass is 446 g/mol. The van der Waals surface area contributed by atoms with Crippen molar-refractivity contribution in [3.8, 4) is 11.5 Å². The van der Waals surface area contributed by atoms with Crippen LogP contribution in [0.2, 0.25) is 0 Å². The van der Waals surface area contributed by atoms with Crippen molar-refractivity contribution in [3.05, 3.63) is 60.7 Å². The van der Waals surface area contributed by atoms with Gasteiger partial charge >= 0.3 is 11.9 Å². The summed E-state index contributed by atoms with van der Waals surface area (Å²) in [5.41, 5.74) is 0. The lowest BCUT2D eigenvalue weighted by Crippen LogP contribution is -2.40. The van der Waals surface area contributed by atoms with Crippen LogP contribution in [0.1, 0.15) is 25.7 Å². The van der Waals surface area contributed by atoms with Gasteiger partial charge in [0, 0.05) is 6.61 Å². The van der Waals surface area contributed by atoms with E-state index in [0.29, 0.717) is 30.8 Å². The summed E-state index contributed by atoms with van der Waals surface area (Å²) in [6, 6.07) is 17.6. The highest BCUT2D eigenvalue weighted by molar-refractivity contribution is 5.76. The van der Waals surface area contributed by atoms with Crippen LogP contribution in [0, 0.1) is 0 Å². The fourth-order valence-electron chi connectivity index (χ4n) is 2.73. The van der Waals surface area contributed by atoms with E-state index in [1.807, 2.05) is 6.07 Å². The van der Waals surface area contributed by atoms with Gasteiger partial charge in [-0.15, -0.1) is 0 Å². The Labute approximate surface area is 187 Å². The van der Waals surface area contributed by atoms with Crippen LogP contribution in [-0.4, -0.2) is 60.8 Å². The lowest BCUT2D eigenvalue weighted by atomic mass is 10.1. The van der Waals surface area contributed by atoms with Crippen molar-refractivity contribution in [2.24, 2.45) is 0 Å². The molecule has 2 unspecified atom stereocenters. The second kappa shape index (κ2) is 14.8. The molecule has 0 aromatic heterocycles. The van der Waals surface area contributed by atoms with Gasteiger partial charge in [-0.1, -0.05) is 36.4 Å². The Morgan fingerprint density at radius 3 is 2.09 bits per heavy atom. The molecule has 0 aliphatic carbocycles. The van der Waals surface area contributed by atoms with E-state index >= 15 is 0 Å². The third-order valence-electron chi connectivity index (χ3n) is 4.39. The Morgan fingerprint density at radius 2 is 1.44 bits per heavy atom. The van der Waals surface area contributed by atoms with Crippen LogP contribution in [0.3, 0.4) is 0 Å². The van der Waals surface area contributed by atoms with Gasteiger partial charge in [-0.25, -0.2) is 9.59 Å². The zero-order valence-corrected chi connectivity index (χ0v) is 17.9. The first-order chi connectivity index (χ1) is 15.6. The van der Waals surface area contributed by atoms with Crippen molar-refractivity contribution < 1.29 is 38.7 Å². The zero-order chi connectivity index (χ0) is 23.0. The second-order valence-electron chi connectivity index (χ2n) is 6.98. The predicted octanol–water partition coefficient (Wildman–Crippen LogP) is 2.51. The second-order valence-corrected chi connectivity index (χ2v) is 6.98. The SMILES string of the molecule is O=C(COc1ccccc1)OCCCC(O)C(Oc1ccccc1)C(=O)OCCCCO. The summed E-state index contributed by atoms with van der Waals surface area (Å²) in [6.45, 7) is -0.0108. The lowest BCUT2D eigenvalue weighted by molar-refractivity contribution is -0.158. The van der Waals surface area contributed by atoms with Gasteiger partial charge in [0.2, 0.25) is 6.10 Å². The van der Waals surface area contributed by atoms with Gasteiger partial charge < -0.3 is 29.2 Å². The summed E-state index contributed by atoms with van der Waals surface area (Å²) in [5.74, 6) is -0.220. The number of ether oxygens (including phenoxy) is 4. The molecule has 2 N–H and O–H groups in total. The maximum Gasteiger partial charge on any atom is 0.350 e. The Morgan fingerprint density at radius 1 is 0.812 bits per heavy atom. The molecule has 0 fully saturated rings. The van der Waals surface area contributed by atoms with E-state index in [1.165, 1.54) is 0 Å². The molecule has 0 amide bonds. The standard InChI is InChI=1S/C24H30O8/c25-15-7-8-16-30-24(28)23(32-20-12-5-2-6-13-20)21(26)14-9-17-29-22(27)18-31-19-10-3-1-4-11-19/h1-6,10-13,21,23,25-26H,7-9,14-18H2. The number of hydrogen-bond acceptors (Lipinski definition) is 8. The van der Waals surface area contributed by atoms with Crippen molar-refractivity contribution in [1.82, 2.24) is 0 Å². The average Bonchev–Trinajstić information content (AvgIpc) is 2.82. The van der Waals surface area contributed by atoms with Gasteiger partial charge in [0.15, 0.2) is 6.61 Å². The summed E-state index contributed by atoms with van der Waals surface area (Å²) < 4.78 is 21.3. The molecule has 0 heterocycles. The van der Waals surface area contributed by atoms with Gasteiger partial charge in [0.05, 0.1) is 13.2 Å². The summed E-state index contributed by atoms with van der Waals surface area (Å²) in [6.07, 6.45) is -0.860. The summed E-state index contributed by atoms with van der Waals surface area (Å²) in [7, 11) is 0. The molecule has 32 heavy (non-hydrogen) atoms. The summed E-state index contributed by atoms with van der Waals surface area (Å²) in [5, 5.41) is 19.4. The zero-order valence-electron chi connectivity index (χ0n) is 17.9. The highest BCUT2D eigenvalue weighted by Gasteiger charge is 2.30. The van der Waals surface area contributed by atoms with Gasteiger partial charge in [-0.05, 0) is 49.9 Å². The quantitative estimate of drug-likeness (QED) is 0.317. The Bertz CT molecular complexity index is 781. The molecule has 2 aromatic rings. The van der Waals surface area contributed by atoms with E-state index in [9.17, 15) is 14.7 Å². The minimum absolute atomic E-state index is 0.0131. The Kier molecular flexibility index (Phi) is 11.7. The third kappa shape index (κ3) is 9.80. The van der Waals surface area contributed by atoms with Crippen LogP contribution in [0.25, 0.3) is 0 Å². The minimum Gasteiger partial charge on any atom is -0.482 e. The van der Waals surface area contributed by atoms with E-state index in [4.69, 9.17) is 24.1 Å². The molecule has 8 heteroatoms. The molecular formula is C24H30O8. The fourth-order valence-corrected chi connectivity index (χ4v) is 2.73. The van der Waals surface area contributed by atoms with Crippen molar-refractivity contribution in [2.75, 3.05) is 26.4 Å². The van der Waals surface area contributed by atoms with Crippen LogP contribution in [0.5, 0.6) is 11.5 Å². The number of carbonyl (C=O) groups excluding carboxylic acids is 2. The average molecular weight is 446 g/mol. The van der Waals surface area contributed by atoms with Crippen LogP contribution < -0.4 is 9.47 Å². The van der Waals surface area contributed by atoms with Crippen molar-refractivity contribution >= 4 is 11.9 Å². The molecule has 0 saturated heterocycles. The van der Waals surface area contributed by atoms with E-state index < -0.39 is 24.1 Å². The largest absolute Gasteiger partial charge is 0.482 e. The molecule has 2 rings (SSSR count). The number of aliphatic hydroxyl groups is 2. The Balaban J connectivity index is 1.77. The van der Waals surface area contributed by atoms with Crippen molar-refractivity contribution in [3.63, 3.8) is 0 Å². The maximum atomic E-state index is 12.4. The number of esters is 2. The molecule has 8 nitrogen and oxygen atoms in total.